The molecular weight excluding hydrogens is 344 g/mol. The minimum Gasteiger partial charge on any atom is -0.457 e. The fraction of sp³-hybridized carbons (Fsp3) is 0.0385. The maximum Gasteiger partial charge on any atom is 0.167 e. The quantitative estimate of drug-likeness (QED) is 0.260. The third-order valence-corrected chi connectivity index (χ3v) is 4.45. The Kier molecular flexibility index (Phi) is 6.03. The summed E-state index contributed by atoms with van der Waals surface area (Å²) in [6.45, 7) is 11.5. The van der Waals surface area contributed by atoms with Crippen molar-refractivity contribution >= 4 is 16.6 Å². The van der Waals surface area contributed by atoms with E-state index in [1.165, 1.54) is 0 Å². The van der Waals surface area contributed by atoms with Crippen molar-refractivity contribution in [2.24, 2.45) is 0 Å². The summed E-state index contributed by atoms with van der Waals surface area (Å²) in [5.41, 5.74) is 2.23. The highest BCUT2D eigenvalue weighted by atomic mass is 16.5. The fourth-order valence-electron chi connectivity index (χ4n) is 2.99. The number of ketones is 1. The molecule has 28 heavy (non-hydrogen) atoms. The molecule has 0 aliphatic carbocycles. The van der Waals surface area contributed by atoms with Crippen molar-refractivity contribution in [2.75, 3.05) is 0 Å². The van der Waals surface area contributed by atoms with Gasteiger partial charge in [0.05, 0.1) is 0 Å². The molecule has 0 aromatic heterocycles. The van der Waals surface area contributed by atoms with E-state index < -0.39 is 0 Å². The Morgan fingerprint density at radius 3 is 2.21 bits per heavy atom. The van der Waals surface area contributed by atoms with Crippen LogP contribution in [0.2, 0.25) is 0 Å². The second-order valence-electron chi connectivity index (χ2n) is 6.36. The van der Waals surface area contributed by atoms with Crippen molar-refractivity contribution in [2.45, 2.75) is 6.42 Å². The van der Waals surface area contributed by atoms with Crippen LogP contribution in [0.5, 0.6) is 5.75 Å². The van der Waals surface area contributed by atoms with Gasteiger partial charge in [0, 0.05) is 23.1 Å². The molecule has 0 unspecified atom stereocenters. The Hall–Kier alpha value is -3.65. The molecule has 3 aromatic rings. The van der Waals surface area contributed by atoms with E-state index in [9.17, 15) is 4.79 Å². The van der Waals surface area contributed by atoms with Gasteiger partial charge in [-0.05, 0) is 22.9 Å². The van der Waals surface area contributed by atoms with Gasteiger partial charge in [-0.15, -0.1) is 0 Å². The lowest BCUT2D eigenvalue weighted by atomic mass is 9.99. The van der Waals surface area contributed by atoms with Gasteiger partial charge in [-0.25, -0.2) is 0 Å². The van der Waals surface area contributed by atoms with Crippen LogP contribution in [-0.2, 0) is 6.42 Å². The van der Waals surface area contributed by atoms with E-state index in [-0.39, 0.29) is 12.2 Å². The standard InChI is InChI=1S/C26H22O2/c1-4-11-20(5-2)19(3)28-26-18-23-15-10-9-14-22(23)16-24(26)17-25(27)21-12-7-6-8-13-21/h4-16,18H,1-3,17H2/b20-11+. The summed E-state index contributed by atoms with van der Waals surface area (Å²) in [6.07, 6.45) is 5.35. The summed E-state index contributed by atoms with van der Waals surface area (Å²) in [5.74, 6) is 1.11. The molecule has 138 valence electrons. The minimum atomic E-state index is 0.0388. The normalized spacial score (nSPS) is 11.1. The van der Waals surface area contributed by atoms with E-state index in [2.05, 4.69) is 19.7 Å². The monoisotopic (exact) mass is 366 g/mol. The molecule has 0 amide bonds. The number of ether oxygens (including phenoxy) is 1. The Labute approximate surface area is 165 Å². The van der Waals surface area contributed by atoms with E-state index in [4.69, 9.17) is 4.74 Å². The predicted molar refractivity (Wildman–Crippen MR) is 117 cm³/mol. The highest BCUT2D eigenvalue weighted by Crippen LogP contribution is 2.30. The lowest BCUT2D eigenvalue weighted by Gasteiger charge is -2.15. The molecule has 0 atom stereocenters. The number of rotatable bonds is 8. The largest absolute Gasteiger partial charge is 0.457 e. The molecule has 0 fully saturated rings. The molecule has 3 rings (SSSR count). The van der Waals surface area contributed by atoms with Crippen LogP contribution in [0.25, 0.3) is 10.8 Å². The summed E-state index contributed by atoms with van der Waals surface area (Å²) < 4.78 is 6.06. The molecule has 0 saturated carbocycles. The second kappa shape index (κ2) is 8.83. The zero-order chi connectivity index (χ0) is 19.9. The Morgan fingerprint density at radius 2 is 1.57 bits per heavy atom. The molecule has 0 radical (unpaired) electrons. The first-order valence-corrected chi connectivity index (χ1v) is 9.04. The third-order valence-electron chi connectivity index (χ3n) is 4.45. The maximum absolute atomic E-state index is 12.8. The van der Waals surface area contributed by atoms with Gasteiger partial charge >= 0.3 is 0 Å². The van der Waals surface area contributed by atoms with E-state index in [0.29, 0.717) is 17.1 Å². The van der Waals surface area contributed by atoms with Gasteiger partial charge in [0.15, 0.2) is 5.78 Å². The number of carbonyl (C=O) groups excluding carboxylic acids is 1. The predicted octanol–water partition coefficient (Wildman–Crippen LogP) is 6.46. The van der Waals surface area contributed by atoms with Crippen molar-refractivity contribution in [3.05, 3.63) is 127 Å². The van der Waals surface area contributed by atoms with Crippen LogP contribution >= 0.6 is 0 Å². The van der Waals surface area contributed by atoms with Gasteiger partial charge in [0.1, 0.15) is 11.5 Å². The van der Waals surface area contributed by atoms with Crippen LogP contribution < -0.4 is 4.74 Å². The summed E-state index contributed by atoms with van der Waals surface area (Å²) in [5, 5.41) is 2.09. The molecule has 0 bridgehead atoms. The number of carbonyl (C=O) groups is 1. The fourth-order valence-corrected chi connectivity index (χ4v) is 2.99. The molecule has 0 aliphatic heterocycles. The maximum atomic E-state index is 12.8. The lowest BCUT2D eigenvalue weighted by molar-refractivity contribution is 0.0992. The topological polar surface area (TPSA) is 26.3 Å². The summed E-state index contributed by atoms with van der Waals surface area (Å²) in [7, 11) is 0. The van der Waals surface area contributed by atoms with Crippen LogP contribution in [-0.4, -0.2) is 5.78 Å². The van der Waals surface area contributed by atoms with E-state index in [1.807, 2.05) is 66.7 Å². The van der Waals surface area contributed by atoms with Gasteiger partial charge in [0.25, 0.3) is 0 Å². The van der Waals surface area contributed by atoms with Gasteiger partial charge in [0.2, 0.25) is 0 Å². The highest BCUT2D eigenvalue weighted by Gasteiger charge is 2.14. The highest BCUT2D eigenvalue weighted by molar-refractivity contribution is 5.98. The number of allylic oxidation sites excluding steroid dienone is 3. The van der Waals surface area contributed by atoms with Gasteiger partial charge in [-0.1, -0.05) is 92.6 Å². The Bertz CT molecular complexity index is 1070. The SMILES string of the molecule is C=C/C=C(\C=C)C(=C)Oc1cc2ccccc2cc1CC(=O)c1ccccc1. The zero-order valence-corrected chi connectivity index (χ0v) is 15.7. The molecular formula is C26H22O2. The molecule has 0 aliphatic rings. The Morgan fingerprint density at radius 1 is 0.929 bits per heavy atom. The van der Waals surface area contributed by atoms with Crippen LogP contribution in [0, 0.1) is 0 Å². The van der Waals surface area contributed by atoms with Gasteiger partial charge in [-0.3, -0.25) is 4.79 Å². The van der Waals surface area contributed by atoms with Crippen LogP contribution in [0.1, 0.15) is 15.9 Å². The van der Waals surface area contributed by atoms with Crippen molar-refractivity contribution < 1.29 is 9.53 Å². The summed E-state index contributed by atoms with van der Waals surface area (Å²) in [4.78, 5) is 12.8. The number of hydrogen-bond acceptors (Lipinski definition) is 2. The first-order chi connectivity index (χ1) is 13.6. The summed E-state index contributed by atoms with van der Waals surface area (Å²) in [6, 6.07) is 21.2. The number of benzene rings is 3. The number of hydrogen-bond donors (Lipinski definition) is 0. The molecule has 0 heterocycles. The van der Waals surface area contributed by atoms with Gasteiger partial charge in [-0.2, -0.15) is 0 Å². The van der Waals surface area contributed by atoms with Crippen LogP contribution in [0.3, 0.4) is 0 Å². The zero-order valence-electron chi connectivity index (χ0n) is 15.7. The average Bonchev–Trinajstić information content (AvgIpc) is 2.72. The van der Waals surface area contributed by atoms with Crippen LogP contribution in [0.4, 0.5) is 0 Å². The smallest absolute Gasteiger partial charge is 0.167 e. The van der Waals surface area contributed by atoms with Crippen LogP contribution in [0.15, 0.2) is 116 Å². The lowest BCUT2D eigenvalue weighted by Crippen LogP contribution is -2.06. The third kappa shape index (κ3) is 4.36. The van der Waals surface area contributed by atoms with E-state index in [0.717, 1.165) is 21.9 Å². The minimum absolute atomic E-state index is 0.0388. The van der Waals surface area contributed by atoms with Crippen molar-refractivity contribution in [1.82, 2.24) is 0 Å². The first-order valence-electron chi connectivity index (χ1n) is 9.04. The molecule has 3 aromatic carbocycles. The van der Waals surface area contributed by atoms with Crippen molar-refractivity contribution in [1.29, 1.82) is 0 Å². The number of Topliss-reactive ketones (excluding diaryl/α,β-unsaturated/α-hetero) is 1. The molecule has 0 saturated heterocycles. The molecule has 2 nitrogen and oxygen atoms in total. The number of fused-ring (bicyclic) bond motifs is 1. The first kappa shape index (κ1) is 19.1. The molecule has 0 spiro atoms. The van der Waals surface area contributed by atoms with E-state index in [1.54, 1.807) is 18.2 Å². The average molecular weight is 366 g/mol. The molecule has 0 N–H and O–H groups in total. The Balaban J connectivity index is 1.99. The van der Waals surface area contributed by atoms with E-state index >= 15 is 0 Å². The van der Waals surface area contributed by atoms with Crippen molar-refractivity contribution in [3.63, 3.8) is 0 Å². The summed E-state index contributed by atoms with van der Waals surface area (Å²) >= 11 is 0. The van der Waals surface area contributed by atoms with Crippen molar-refractivity contribution in [3.8, 4) is 5.75 Å². The molecule has 2 heteroatoms. The second-order valence-corrected chi connectivity index (χ2v) is 6.36. The van der Waals surface area contributed by atoms with Gasteiger partial charge < -0.3 is 4.74 Å².